The summed E-state index contributed by atoms with van der Waals surface area (Å²) in [4.78, 5) is 11.8. The largest absolute Gasteiger partial charge is 0.464 e. The summed E-state index contributed by atoms with van der Waals surface area (Å²) in [6, 6.07) is 15.2. The highest BCUT2D eigenvalue weighted by atomic mass is 35.5. The molecule has 2 atom stereocenters. The lowest BCUT2D eigenvalue weighted by molar-refractivity contribution is -0.156. The van der Waals surface area contributed by atoms with Gasteiger partial charge in [0.1, 0.15) is 0 Å². The molecule has 0 bridgehead atoms. The van der Waals surface area contributed by atoms with Crippen molar-refractivity contribution >= 4 is 17.6 Å². The van der Waals surface area contributed by atoms with Gasteiger partial charge in [0, 0.05) is 18.2 Å². The Morgan fingerprint density at radius 2 is 1.88 bits per heavy atom. The third kappa shape index (κ3) is 4.81. The van der Waals surface area contributed by atoms with Gasteiger partial charge in [-0.2, -0.15) is 0 Å². The van der Waals surface area contributed by atoms with Gasteiger partial charge in [-0.1, -0.05) is 48.0 Å². The average Bonchev–Trinajstić information content (AvgIpc) is 2.56. The molecule has 0 saturated carbocycles. The van der Waals surface area contributed by atoms with Gasteiger partial charge in [-0.25, -0.2) is 4.79 Å². The summed E-state index contributed by atoms with van der Waals surface area (Å²) in [5.41, 5.74) is 9.27. The van der Waals surface area contributed by atoms with Crippen LogP contribution < -0.4 is 5.73 Å². The van der Waals surface area contributed by atoms with Crippen LogP contribution >= 0.6 is 11.6 Å². The van der Waals surface area contributed by atoms with Crippen molar-refractivity contribution in [2.75, 3.05) is 13.7 Å². The first-order valence-electron chi connectivity index (χ1n) is 7.85. The number of nitrogens with two attached hydrogens (primary N) is 1. The second-order valence-electron chi connectivity index (χ2n) is 5.48. The van der Waals surface area contributed by atoms with Crippen LogP contribution in [-0.4, -0.2) is 31.8 Å². The van der Waals surface area contributed by atoms with E-state index in [1.807, 2.05) is 48.5 Å². The predicted octanol–water partition coefficient (Wildman–Crippen LogP) is 3.45. The number of halogens is 1. The Balaban J connectivity index is 2.06. The zero-order valence-electron chi connectivity index (χ0n) is 13.9. The van der Waals surface area contributed by atoms with Crippen molar-refractivity contribution < 1.29 is 14.3 Å². The topological polar surface area (TPSA) is 61.5 Å². The monoisotopic (exact) mass is 347 g/mol. The molecule has 0 aliphatic carbocycles. The van der Waals surface area contributed by atoms with Crippen LogP contribution in [-0.2, 0) is 20.7 Å². The van der Waals surface area contributed by atoms with E-state index < -0.39 is 18.1 Å². The Bertz CT molecular complexity index is 673. The zero-order valence-corrected chi connectivity index (χ0v) is 14.6. The quantitative estimate of drug-likeness (QED) is 0.779. The van der Waals surface area contributed by atoms with Crippen molar-refractivity contribution in [3.05, 3.63) is 59.1 Å². The van der Waals surface area contributed by atoms with E-state index in [4.69, 9.17) is 26.8 Å². The van der Waals surface area contributed by atoms with Crippen LogP contribution in [0.15, 0.2) is 48.5 Å². The maximum absolute atomic E-state index is 11.8. The Labute approximate surface area is 147 Å². The highest BCUT2D eigenvalue weighted by Gasteiger charge is 2.26. The molecule has 0 spiro atoms. The first-order chi connectivity index (χ1) is 11.5. The first-order valence-corrected chi connectivity index (χ1v) is 8.22. The molecule has 0 aliphatic rings. The van der Waals surface area contributed by atoms with Crippen molar-refractivity contribution in [1.29, 1.82) is 0 Å². The molecule has 0 heterocycles. The van der Waals surface area contributed by atoms with Crippen molar-refractivity contribution in [2.24, 2.45) is 5.73 Å². The number of hydrogen-bond donors (Lipinski definition) is 1. The van der Waals surface area contributed by atoms with Gasteiger partial charge in [0.25, 0.3) is 0 Å². The third-order valence-electron chi connectivity index (χ3n) is 3.74. The van der Waals surface area contributed by atoms with Crippen LogP contribution in [0.4, 0.5) is 0 Å². The normalized spacial score (nSPS) is 13.3. The summed E-state index contributed by atoms with van der Waals surface area (Å²) in [7, 11) is 1.46. The van der Waals surface area contributed by atoms with Gasteiger partial charge in [0.05, 0.1) is 6.61 Å². The Morgan fingerprint density at radius 1 is 1.17 bits per heavy atom. The summed E-state index contributed by atoms with van der Waals surface area (Å²) in [6.45, 7) is 2.06. The highest BCUT2D eigenvalue weighted by molar-refractivity contribution is 6.30. The predicted molar refractivity (Wildman–Crippen MR) is 96.0 cm³/mol. The van der Waals surface area contributed by atoms with Crippen molar-refractivity contribution in [3.8, 4) is 11.1 Å². The number of ether oxygens (including phenoxy) is 2. The minimum atomic E-state index is -0.766. The SMILES string of the molecule is CCOC(=O)[C@H](OC)C(N)Cc1ccc(-c2cccc(Cl)c2)cc1. The van der Waals surface area contributed by atoms with Gasteiger partial charge in [0.15, 0.2) is 6.10 Å². The molecule has 0 fully saturated rings. The number of carbonyl (C=O) groups excluding carboxylic acids is 1. The fraction of sp³-hybridized carbons (Fsp3) is 0.316. The van der Waals surface area contributed by atoms with E-state index in [1.54, 1.807) is 6.92 Å². The lowest BCUT2D eigenvalue weighted by Gasteiger charge is -2.21. The molecule has 2 N–H and O–H groups in total. The van der Waals surface area contributed by atoms with Gasteiger partial charge in [-0.3, -0.25) is 0 Å². The molecule has 0 amide bonds. The number of rotatable bonds is 7. The minimum absolute atomic E-state index is 0.305. The number of carbonyl (C=O) groups is 1. The van der Waals surface area contributed by atoms with Crippen LogP contribution in [0.5, 0.6) is 0 Å². The number of esters is 1. The lowest BCUT2D eigenvalue weighted by Crippen LogP contribution is -2.44. The van der Waals surface area contributed by atoms with Crippen LogP contribution in [0.2, 0.25) is 5.02 Å². The Hall–Kier alpha value is -1.88. The molecular weight excluding hydrogens is 326 g/mol. The molecule has 0 radical (unpaired) electrons. The van der Waals surface area contributed by atoms with Crippen LogP contribution in [0.1, 0.15) is 12.5 Å². The van der Waals surface area contributed by atoms with E-state index in [0.717, 1.165) is 16.7 Å². The molecule has 2 aromatic rings. The molecule has 0 saturated heterocycles. The fourth-order valence-electron chi connectivity index (χ4n) is 2.55. The van der Waals surface area contributed by atoms with E-state index in [0.29, 0.717) is 18.1 Å². The maximum Gasteiger partial charge on any atom is 0.336 e. The molecule has 0 aliphatic heterocycles. The summed E-state index contributed by atoms with van der Waals surface area (Å²) in [6.07, 6.45) is -0.245. The summed E-state index contributed by atoms with van der Waals surface area (Å²) in [5, 5.41) is 0.705. The van der Waals surface area contributed by atoms with Crippen molar-refractivity contribution in [3.63, 3.8) is 0 Å². The van der Waals surface area contributed by atoms with Crippen molar-refractivity contribution in [1.82, 2.24) is 0 Å². The number of benzene rings is 2. The van der Waals surface area contributed by atoms with E-state index >= 15 is 0 Å². The minimum Gasteiger partial charge on any atom is -0.464 e. The van der Waals surface area contributed by atoms with E-state index in [-0.39, 0.29) is 0 Å². The van der Waals surface area contributed by atoms with Gasteiger partial charge in [0.2, 0.25) is 0 Å². The van der Waals surface area contributed by atoms with Crippen molar-refractivity contribution in [2.45, 2.75) is 25.5 Å². The van der Waals surface area contributed by atoms with Gasteiger partial charge in [-0.05, 0) is 42.2 Å². The number of hydrogen-bond acceptors (Lipinski definition) is 4. The van der Waals surface area contributed by atoms with Crippen LogP contribution in [0.25, 0.3) is 11.1 Å². The molecule has 1 unspecified atom stereocenters. The van der Waals surface area contributed by atoms with Crippen LogP contribution in [0.3, 0.4) is 0 Å². The second-order valence-corrected chi connectivity index (χ2v) is 5.92. The summed E-state index contributed by atoms with van der Waals surface area (Å²) < 4.78 is 10.2. The maximum atomic E-state index is 11.8. The molecule has 5 heteroatoms. The van der Waals surface area contributed by atoms with E-state index in [9.17, 15) is 4.79 Å². The van der Waals surface area contributed by atoms with E-state index in [1.165, 1.54) is 7.11 Å². The molecule has 2 aromatic carbocycles. The molecule has 0 aromatic heterocycles. The lowest BCUT2D eigenvalue weighted by atomic mass is 9.99. The average molecular weight is 348 g/mol. The molecular formula is C19H22ClNO3. The van der Waals surface area contributed by atoms with E-state index in [2.05, 4.69) is 0 Å². The smallest absolute Gasteiger partial charge is 0.336 e. The Kier molecular flexibility index (Phi) is 6.79. The highest BCUT2D eigenvalue weighted by Crippen LogP contribution is 2.23. The molecule has 4 nitrogen and oxygen atoms in total. The summed E-state index contributed by atoms with van der Waals surface area (Å²) >= 11 is 6.03. The van der Waals surface area contributed by atoms with Gasteiger partial charge in [-0.15, -0.1) is 0 Å². The van der Waals surface area contributed by atoms with Gasteiger partial charge < -0.3 is 15.2 Å². The first kappa shape index (κ1) is 18.5. The Morgan fingerprint density at radius 3 is 2.46 bits per heavy atom. The molecule has 24 heavy (non-hydrogen) atoms. The van der Waals surface area contributed by atoms with Crippen LogP contribution in [0, 0.1) is 0 Å². The van der Waals surface area contributed by atoms with Gasteiger partial charge >= 0.3 is 5.97 Å². The zero-order chi connectivity index (χ0) is 17.5. The standard InChI is InChI=1S/C19H22ClNO3/c1-3-24-19(22)18(23-2)17(21)11-13-7-9-14(10-8-13)15-5-4-6-16(20)12-15/h4-10,12,17-18H,3,11,21H2,1-2H3/t17?,18-/m1/s1. The number of methoxy groups -OCH3 is 1. The fourth-order valence-corrected chi connectivity index (χ4v) is 2.74. The summed E-state index contributed by atoms with van der Waals surface area (Å²) in [5.74, 6) is -0.428. The third-order valence-corrected chi connectivity index (χ3v) is 3.98. The molecule has 2 rings (SSSR count). The second kappa shape index (κ2) is 8.83. The molecule has 128 valence electrons.